The van der Waals surface area contributed by atoms with Crippen LogP contribution in [0.1, 0.15) is 128 Å². The molecule has 3 saturated heterocycles. The van der Waals surface area contributed by atoms with E-state index in [2.05, 4.69) is 93.6 Å². The minimum atomic E-state index is -1.34. The number of unbranched alkanes of at least 4 members (excludes halogenated alkanes) is 2. The van der Waals surface area contributed by atoms with Gasteiger partial charge in [-0.15, -0.1) is 0 Å². The van der Waals surface area contributed by atoms with Crippen LogP contribution in [0.25, 0.3) is 10.4 Å². The van der Waals surface area contributed by atoms with Crippen LogP contribution < -0.4 is 21.3 Å². The number of esters is 3. The van der Waals surface area contributed by atoms with E-state index in [0.29, 0.717) is 85.3 Å². The number of nitrogens with zero attached hydrogens (tertiary/aromatic N) is 3. The van der Waals surface area contributed by atoms with Gasteiger partial charge in [0.2, 0.25) is 23.6 Å². The molecule has 3 aliphatic rings. The maximum Gasteiger partial charge on any atom is 0.302 e. The predicted molar refractivity (Wildman–Crippen MR) is 370 cm³/mol. The molecule has 0 aromatic rings. The molecule has 102 heavy (non-hydrogen) atoms. The first kappa shape index (κ1) is 91.2. The molecule has 4 N–H and O–H groups in total. The van der Waals surface area contributed by atoms with Crippen molar-refractivity contribution in [2.75, 3.05) is 185 Å². The third-order valence-corrected chi connectivity index (χ3v) is 18.8. The van der Waals surface area contributed by atoms with Crippen LogP contribution in [0.4, 0.5) is 0 Å². The summed E-state index contributed by atoms with van der Waals surface area (Å²) in [7, 11) is 0. The molecule has 3 fully saturated rings. The highest BCUT2D eigenvalue weighted by Crippen LogP contribution is 2.38. The predicted octanol–water partition coefficient (Wildman–Crippen LogP) is 5.02. The summed E-state index contributed by atoms with van der Waals surface area (Å²) in [6, 6.07) is 0. The van der Waals surface area contributed by atoms with Gasteiger partial charge in [0.25, 0.3) is 0 Å². The van der Waals surface area contributed by atoms with Crippen LogP contribution in [0.5, 0.6) is 0 Å². The Bertz CT molecular complexity index is 2170. The van der Waals surface area contributed by atoms with Crippen LogP contribution in [0.2, 0.25) is 0 Å². The Kier molecular flexibility index (Phi) is 48.8. The number of ether oxygens (including phenoxy) is 18. The molecule has 3 heterocycles. The highest BCUT2D eigenvalue weighted by atomic mass is 16.7. The van der Waals surface area contributed by atoms with Gasteiger partial charge in [-0.2, -0.15) is 0 Å². The van der Waals surface area contributed by atoms with Crippen LogP contribution in [0.15, 0.2) is 5.11 Å². The first-order valence-corrected chi connectivity index (χ1v) is 36.5. The van der Waals surface area contributed by atoms with E-state index >= 15 is 0 Å². The van der Waals surface area contributed by atoms with E-state index in [9.17, 15) is 33.6 Å². The summed E-state index contributed by atoms with van der Waals surface area (Å²) in [6.07, 6.45) is -0.455. The normalized spacial score (nSPS) is 25.5. The number of carbonyl (C=O) groups is 7. The second-order valence-electron chi connectivity index (χ2n) is 26.6. The number of hydrogen-bond donors (Lipinski definition) is 4. The minimum Gasteiger partial charge on any atom is -0.463 e. The molecule has 0 aromatic carbocycles. The third kappa shape index (κ3) is 39.4. The van der Waals surface area contributed by atoms with Crippen molar-refractivity contribution in [2.45, 2.75) is 171 Å². The van der Waals surface area contributed by atoms with E-state index in [-0.39, 0.29) is 258 Å². The summed E-state index contributed by atoms with van der Waals surface area (Å²) in [5.74, 6) is -0.502. The van der Waals surface area contributed by atoms with Crippen LogP contribution in [-0.2, 0) is 119 Å². The van der Waals surface area contributed by atoms with Crippen molar-refractivity contribution in [1.29, 1.82) is 0 Å². The average molecular weight is 1460 g/mol. The van der Waals surface area contributed by atoms with Gasteiger partial charge in [-0.3, -0.25) is 33.6 Å². The largest absolute Gasteiger partial charge is 0.463 e. The number of carbonyl (C=O) groups excluding carboxylic acids is 7. The Morgan fingerprint density at radius 3 is 0.971 bits per heavy atom. The van der Waals surface area contributed by atoms with Crippen molar-refractivity contribution in [3.63, 3.8) is 0 Å². The van der Waals surface area contributed by atoms with E-state index in [1.165, 1.54) is 20.8 Å². The zero-order valence-corrected chi connectivity index (χ0v) is 63.0. The molecule has 0 aliphatic carbocycles. The Morgan fingerprint density at radius 2 is 0.667 bits per heavy atom. The Balaban J connectivity index is 1.47. The number of nitrogens with one attached hydrogen (secondary N) is 4. The highest BCUT2D eigenvalue weighted by molar-refractivity contribution is 5.77. The molecule has 15 unspecified atom stereocenters. The Labute approximate surface area is 603 Å². The summed E-state index contributed by atoms with van der Waals surface area (Å²) in [5, 5.41) is 15.0. The summed E-state index contributed by atoms with van der Waals surface area (Å²) < 4.78 is 104. The molecule has 590 valence electrons. The molecule has 4 amide bonds. The Morgan fingerprint density at radius 1 is 0.363 bits per heavy atom. The van der Waals surface area contributed by atoms with E-state index in [1.807, 2.05) is 0 Å². The molecule has 15 atom stereocenters. The van der Waals surface area contributed by atoms with Crippen LogP contribution in [0, 0.1) is 53.3 Å². The molecule has 32 nitrogen and oxygen atoms in total. The van der Waals surface area contributed by atoms with Gasteiger partial charge >= 0.3 is 17.9 Å². The second kappa shape index (κ2) is 54.6. The summed E-state index contributed by atoms with van der Waals surface area (Å²) in [6.45, 7) is 28.1. The Hall–Kier alpha value is -5.00. The van der Waals surface area contributed by atoms with Gasteiger partial charge in [0.05, 0.1) is 157 Å². The molecule has 32 heteroatoms. The topological polar surface area (TPSA) is 383 Å². The van der Waals surface area contributed by atoms with Crippen LogP contribution in [0.3, 0.4) is 0 Å². The van der Waals surface area contributed by atoms with Crippen molar-refractivity contribution in [2.24, 2.45) is 58.4 Å². The SMILES string of the molecule is CC(=O)OCC1OC(OCCOCCOCCNC(=O)CCOCC(COCCC(=O)NCCOCCOCCOC2OC(COC(C)=O)C(C)C(C)C2C)(COCCC(=O)NCCOCCOCCOC2OC(COC(C)=O)C(C)C(C)C2C)NC(=O)CCCCCN=[N+]=[N-])C(C)C(C)C1C. The van der Waals surface area contributed by atoms with Crippen LogP contribution >= 0.6 is 0 Å². The number of amides is 4. The van der Waals surface area contributed by atoms with E-state index in [4.69, 9.17) is 90.8 Å². The quantitative estimate of drug-likeness (QED) is 0.0155. The summed E-state index contributed by atoms with van der Waals surface area (Å²) in [4.78, 5) is 89.5. The highest BCUT2D eigenvalue weighted by Gasteiger charge is 2.43. The van der Waals surface area contributed by atoms with E-state index < -0.39 is 24.4 Å². The molecule has 0 saturated carbocycles. The first-order valence-electron chi connectivity index (χ1n) is 36.5. The molecule has 0 bridgehead atoms. The smallest absolute Gasteiger partial charge is 0.302 e. The number of azide groups is 1. The average Bonchev–Trinajstić information content (AvgIpc) is 0.771. The maximum absolute atomic E-state index is 13.7. The maximum atomic E-state index is 13.7. The lowest BCUT2D eigenvalue weighted by atomic mass is 9.79. The molecular weight excluding hydrogens is 1340 g/mol. The fraction of sp³-hybridized carbons (Fsp3) is 0.900. The lowest BCUT2D eigenvalue weighted by Crippen LogP contribution is -2.58. The van der Waals surface area contributed by atoms with Crippen molar-refractivity contribution < 1.29 is 119 Å². The van der Waals surface area contributed by atoms with Gasteiger partial charge in [-0.05, 0) is 53.9 Å². The van der Waals surface area contributed by atoms with Gasteiger partial charge in [0.1, 0.15) is 25.4 Å². The monoisotopic (exact) mass is 1460 g/mol. The standard InChI is InChI=1S/C70H125N7O25/c1-48-51(4)60(42-97-57(10)78)100-67(54(48)7)94-39-36-88-33-30-85-27-21-72-63(81)17-24-91-45-70(76-66(84)16-14-13-15-20-75-77-71,46-92-25-18-64(82)73-22-28-86-31-34-89-37-40-95-68-55(8)49(2)52(5)61(101-68)43-98-58(11)79)47-93-26-19-65(83)74-23-29-87-32-35-90-38-41-96-69-56(9)50(3)53(6)62(102-69)44-99-59(12)80/h48-56,60-62,67-69H,13-47H2,1-12H3,(H,72,81)(H,73,82)(H,74,83)(H,76,84). The number of hydrogen-bond acceptors (Lipinski definition) is 26. The van der Waals surface area contributed by atoms with Gasteiger partial charge in [0.15, 0.2) is 18.9 Å². The summed E-state index contributed by atoms with van der Waals surface area (Å²) >= 11 is 0. The van der Waals surface area contributed by atoms with Crippen molar-refractivity contribution in [3.05, 3.63) is 10.4 Å². The van der Waals surface area contributed by atoms with Crippen molar-refractivity contribution in [3.8, 4) is 0 Å². The van der Waals surface area contributed by atoms with Crippen LogP contribution in [-0.4, -0.2) is 269 Å². The fourth-order valence-electron chi connectivity index (χ4n) is 11.5. The van der Waals surface area contributed by atoms with Crippen molar-refractivity contribution in [1.82, 2.24) is 21.3 Å². The lowest BCUT2D eigenvalue weighted by molar-refractivity contribution is -0.258. The summed E-state index contributed by atoms with van der Waals surface area (Å²) in [5.41, 5.74) is 7.36. The van der Waals surface area contributed by atoms with Gasteiger partial charge < -0.3 is 107 Å². The fourth-order valence-corrected chi connectivity index (χ4v) is 11.5. The third-order valence-electron chi connectivity index (χ3n) is 18.8. The molecular formula is C70H125N7O25. The first-order chi connectivity index (χ1) is 49.0. The number of rotatable bonds is 58. The zero-order valence-electron chi connectivity index (χ0n) is 63.0. The second-order valence-corrected chi connectivity index (χ2v) is 26.6. The lowest BCUT2D eigenvalue weighted by Gasteiger charge is -2.43. The van der Waals surface area contributed by atoms with Crippen molar-refractivity contribution >= 4 is 41.5 Å². The van der Waals surface area contributed by atoms with Gasteiger partial charge in [0, 0.05) is 95.3 Å². The van der Waals surface area contributed by atoms with E-state index in [1.54, 1.807) is 0 Å². The molecule has 0 spiro atoms. The molecule has 3 aliphatic heterocycles. The molecule has 3 rings (SSSR count). The van der Waals surface area contributed by atoms with Gasteiger partial charge in [-0.1, -0.05) is 73.8 Å². The van der Waals surface area contributed by atoms with Gasteiger partial charge in [-0.25, -0.2) is 0 Å². The zero-order chi connectivity index (χ0) is 74.9. The molecule has 0 radical (unpaired) electrons. The van der Waals surface area contributed by atoms with E-state index in [0.717, 1.165) is 0 Å². The minimum absolute atomic E-state index is 0.0303. The molecule has 0 aromatic heterocycles.